The van der Waals surface area contributed by atoms with Crippen molar-refractivity contribution in [3.05, 3.63) is 66.4 Å². The largest absolute Gasteiger partial charge is 0.493 e. The second kappa shape index (κ2) is 9.13. The molecule has 1 fully saturated rings. The summed E-state index contributed by atoms with van der Waals surface area (Å²) in [6.07, 6.45) is 4.59. The highest BCUT2D eigenvalue weighted by Crippen LogP contribution is 2.32. The monoisotopic (exact) mass is 475 g/mol. The lowest BCUT2D eigenvalue weighted by atomic mass is 10.1. The number of aromatic nitrogens is 3. The molecule has 35 heavy (non-hydrogen) atoms. The summed E-state index contributed by atoms with van der Waals surface area (Å²) in [6, 6.07) is 10.6. The van der Waals surface area contributed by atoms with Gasteiger partial charge in [0.25, 0.3) is 11.8 Å². The predicted octanol–water partition coefficient (Wildman–Crippen LogP) is 2.99. The van der Waals surface area contributed by atoms with Crippen molar-refractivity contribution in [2.75, 3.05) is 33.9 Å². The predicted molar refractivity (Wildman–Crippen MR) is 127 cm³/mol. The van der Waals surface area contributed by atoms with Crippen LogP contribution in [-0.2, 0) is 0 Å². The summed E-state index contributed by atoms with van der Waals surface area (Å²) in [5.74, 6) is 0.915. The van der Waals surface area contributed by atoms with E-state index in [0.29, 0.717) is 48.0 Å². The number of hydrogen-bond donors (Lipinski definition) is 0. The zero-order valence-corrected chi connectivity index (χ0v) is 19.7. The third kappa shape index (κ3) is 4.07. The smallest absolute Gasteiger partial charge is 0.274 e. The summed E-state index contributed by atoms with van der Waals surface area (Å²) in [4.78, 5) is 33.9. The fourth-order valence-corrected chi connectivity index (χ4v) is 4.37. The van der Waals surface area contributed by atoms with Gasteiger partial charge in [-0.15, -0.1) is 0 Å². The molecule has 10 nitrogen and oxygen atoms in total. The topological polar surface area (TPSA) is 102 Å². The number of benzene rings is 1. The molecule has 3 aromatic heterocycles. The number of nitrogens with zero attached hydrogens (tertiary/aromatic N) is 5. The molecular weight excluding hydrogens is 450 g/mol. The van der Waals surface area contributed by atoms with Crippen LogP contribution in [0.2, 0.25) is 0 Å². The van der Waals surface area contributed by atoms with E-state index in [0.717, 1.165) is 11.3 Å². The molecule has 0 aliphatic carbocycles. The first kappa shape index (κ1) is 22.5. The molecule has 5 rings (SSSR count). The maximum absolute atomic E-state index is 13.3. The average molecular weight is 476 g/mol. The van der Waals surface area contributed by atoms with Gasteiger partial charge in [0.05, 0.1) is 31.7 Å². The Balaban J connectivity index is 1.38. The van der Waals surface area contributed by atoms with Gasteiger partial charge in [0, 0.05) is 43.5 Å². The molecule has 4 aromatic rings. The van der Waals surface area contributed by atoms with Gasteiger partial charge in [-0.3, -0.25) is 9.59 Å². The third-order valence-electron chi connectivity index (χ3n) is 6.20. The minimum atomic E-state index is -0.198. The first-order valence-corrected chi connectivity index (χ1v) is 11.2. The van der Waals surface area contributed by atoms with Crippen LogP contribution in [0.1, 0.15) is 27.8 Å². The summed E-state index contributed by atoms with van der Waals surface area (Å²) in [6.45, 7) is 3.18. The molecule has 0 saturated carbocycles. The number of fused-ring (bicyclic) bond motifs is 1. The molecular formula is C25H25N5O5. The van der Waals surface area contributed by atoms with Crippen molar-refractivity contribution in [2.24, 2.45) is 0 Å². The van der Waals surface area contributed by atoms with Gasteiger partial charge in [0.2, 0.25) is 0 Å². The van der Waals surface area contributed by atoms with Crippen molar-refractivity contribution in [2.45, 2.75) is 13.0 Å². The first-order chi connectivity index (χ1) is 17.0. The lowest BCUT2D eigenvalue weighted by molar-refractivity contribution is 0.0411. The number of ether oxygens (including phenoxy) is 2. The van der Waals surface area contributed by atoms with Crippen LogP contribution in [0, 0.1) is 0 Å². The fourth-order valence-electron chi connectivity index (χ4n) is 4.37. The maximum Gasteiger partial charge on any atom is 0.274 e. The van der Waals surface area contributed by atoms with Gasteiger partial charge in [-0.2, -0.15) is 5.10 Å². The normalized spacial score (nSPS) is 15.9. The Labute approximate surface area is 201 Å². The van der Waals surface area contributed by atoms with Gasteiger partial charge in [-0.05, 0) is 37.3 Å². The summed E-state index contributed by atoms with van der Waals surface area (Å²) in [5.41, 5.74) is 2.97. The van der Waals surface area contributed by atoms with Crippen LogP contribution in [0.5, 0.6) is 11.5 Å². The van der Waals surface area contributed by atoms with Crippen LogP contribution < -0.4 is 9.47 Å². The lowest BCUT2D eigenvalue weighted by Crippen LogP contribution is -2.55. The van der Waals surface area contributed by atoms with Gasteiger partial charge in [0.1, 0.15) is 6.26 Å². The minimum absolute atomic E-state index is 0.102. The standard InChI is InChI=1S/C25H25N5O5/c1-16-14-28(9-10-29(16)24(31)18-7-11-35-15-18)25(32)19-13-23-26-8-6-20(30(23)27-19)17-4-5-21(33-2)22(12-17)34-3/h4-8,11-13,15-16H,9-10,14H2,1-3H3/t16-/m0/s1. The molecule has 4 heterocycles. The number of methoxy groups -OCH3 is 2. The van der Waals surface area contributed by atoms with E-state index in [4.69, 9.17) is 13.9 Å². The summed E-state index contributed by atoms with van der Waals surface area (Å²) < 4.78 is 17.4. The number of carbonyl (C=O) groups is 2. The molecule has 0 N–H and O–H groups in total. The zero-order chi connectivity index (χ0) is 24.5. The molecule has 0 bridgehead atoms. The molecule has 1 aromatic carbocycles. The molecule has 10 heteroatoms. The quantitative estimate of drug-likeness (QED) is 0.437. The maximum atomic E-state index is 13.3. The van der Waals surface area contributed by atoms with Crippen molar-refractivity contribution in [1.82, 2.24) is 24.4 Å². The van der Waals surface area contributed by atoms with E-state index in [1.165, 1.54) is 12.5 Å². The van der Waals surface area contributed by atoms with Gasteiger partial charge in [0.15, 0.2) is 22.8 Å². The van der Waals surface area contributed by atoms with Gasteiger partial charge in [-0.1, -0.05) is 0 Å². The van der Waals surface area contributed by atoms with E-state index in [2.05, 4.69) is 10.1 Å². The Kier molecular flexibility index (Phi) is 5.86. The van der Waals surface area contributed by atoms with Crippen molar-refractivity contribution >= 4 is 17.5 Å². The average Bonchev–Trinajstić information content (AvgIpc) is 3.57. The fraction of sp³-hybridized carbons (Fsp3) is 0.280. The van der Waals surface area contributed by atoms with Crippen molar-refractivity contribution in [3.8, 4) is 22.8 Å². The molecule has 0 radical (unpaired) electrons. The summed E-state index contributed by atoms with van der Waals surface area (Å²) in [7, 11) is 3.17. The molecule has 1 atom stereocenters. The van der Waals surface area contributed by atoms with Gasteiger partial charge < -0.3 is 23.7 Å². The van der Waals surface area contributed by atoms with E-state index in [9.17, 15) is 9.59 Å². The summed E-state index contributed by atoms with van der Waals surface area (Å²) >= 11 is 0. The Morgan fingerprint density at radius 1 is 1.03 bits per heavy atom. The highest BCUT2D eigenvalue weighted by atomic mass is 16.5. The minimum Gasteiger partial charge on any atom is -0.493 e. The number of carbonyl (C=O) groups excluding carboxylic acids is 2. The van der Waals surface area contributed by atoms with Crippen LogP contribution in [0.3, 0.4) is 0 Å². The van der Waals surface area contributed by atoms with Gasteiger partial charge in [-0.25, -0.2) is 9.50 Å². The number of amides is 2. The number of rotatable bonds is 5. The number of furan rings is 1. The number of piperazine rings is 1. The lowest BCUT2D eigenvalue weighted by Gasteiger charge is -2.39. The van der Waals surface area contributed by atoms with Crippen LogP contribution in [0.4, 0.5) is 0 Å². The van der Waals surface area contributed by atoms with Crippen molar-refractivity contribution in [3.63, 3.8) is 0 Å². The number of hydrogen-bond acceptors (Lipinski definition) is 7. The molecule has 1 saturated heterocycles. The third-order valence-corrected chi connectivity index (χ3v) is 6.20. The van der Waals surface area contributed by atoms with E-state index in [1.54, 1.807) is 46.9 Å². The van der Waals surface area contributed by atoms with Crippen LogP contribution in [-0.4, -0.2) is 76.1 Å². The highest BCUT2D eigenvalue weighted by molar-refractivity contribution is 5.95. The van der Waals surface area contributed by atoms with Gasteiger partial charge >= 0.3 is 0 Å². The molecule has 2 amide bonds. The molecule has 1 aliphatic rings. The second-order valence-corrected chi connectivity index (χ2v) is 8.31. The highest BCUT2D eigenvalue weighted by Gasteiger charge is 2.32. The first-order valence-electron chi connectivity index (χ1n) is 11.2. The SMILES string of the molecule is COc1ccc(-c2ccnc3cc(C(=O)N4CCN(C(=O)c5ccoc5)[C@@H](C)C4)nn23)cc1OC. The van der Waals surface area contributed by atoms with Crippen molar-refractivity contribution < 1.29 is 23.5 Å². The van der Waals surface area contributed by atoms with E-state index in [1.807, 2.05) is 31.2 Å². The Morgan fingerprint density at radius 3 is 2.57 bits per heavy atom. The molecule has 180 valence electrons. The summed E-state index contributed by atoms with van der Waals surface area (Å²) in [5, 5.41) is 4.58. The molecule has 0 spiro atoms. The van der Waals surface area contributed by atoms with E-state index in [-0.39, 0.29) is 17.9 Å². The van der Waals surface area contributed by atoms with Crippen molar-refractivity contribution in [1.29, 1.82) is 0 Å². The second-order valence-electron chi connectivity index (χ2n) is 8.31. The Bertz CT molecular complexity index is 1380. The van der Waals surface area contributed by atoms with Crippen LogP contribution in [0.15, 0.2) is 59.5 Å². The molecule has 0 unspecified atom stereocenters. The van der Waals surface area contributed by atoms with Crippen LogP contribution in [0.25, 0.3) is 16.9 Å². The Hall–Kier alpha value is -4.34. The molecule has 1 aliphatic heterocycles. The van der Waals surface area contributed by atoms with E-state index >= 15 is 0 Å². The van der Waals surface area contributed by atoms with E-state index < -0.39 is 0 Å². The zero-order valence-electron chi connectivity index (χ0n) is 19.7. The Morgan fingerprint density at radius 2 is 1.86 bits per heavy atom. The van der Waals surface area contributed by atoms with Crippen LogP contribution >= 0.6 is 0 Å².